The smallest absolute Gasteiger partial charge is 0.255 e. The van der Waals surface area contributed by atoms with E-state index in [-0.39, 0.29) is 18.6 Å². The number of hydrogen-bond donors (Lipinski definition) is 1. The van der Waals surface area contributed by atoms with Crippen LogP contribution in [0.4, 0.5) is 0 Å². The minimum absolute atomic E-state index is 0.00364. The van der Waals surface area contributed by atoms with Gasteiger partial charge in [0.15, 0.2) is 6.61 Å². The fraction of sp³-hybridized carbons (Fsp3) is 0.263. The van der Waals surface area contributed by atoms with Crippen LogP contribution in [-0.4, -0.2) is 29.9 Å². The summed E-state index contributed by atoms with van der Waals surface area (Å²) in [6.07, 6.45) is 1.95. The second-order valence-electron chi connectivity index (χ2n) is 5.99. The van der Waals surface area contributed by atoms with Crippen molar-refractivity contribution < 1.29 is 14.3 Å². The van der Waals surface area contributed by atoms with Crippen LogP contribution < -0.4 is 10.5 Å². The SMILES string of the molecule is NC(=O)COc1ccc(C(=O)N2CCCC2c2cccc(Br)c2)cc1. The van der Waals surface area contributed by atoms with Gasteiger partial charge in [0, 0.05) is 16.6 Å². The summed E-state index contributed by atoms with van der Waals surface area (Å²) in [4.78, 5) is 25.6. The number of benzene rings is 2. The van der Waals surface area contributed by atoms with Gasteiger partial charge in [-0.1, -0.05) is 28.1 Å². The lowest BCUT2D eigenvalue weighted by Gasteiger charge is -2.25. The maximum Gasteiger partial charge on any atom is 0.255 e. The molecule has 5 nitrogen and oxygen atoms in total. The summed E-state index contributed by atoms with van der Waals surface area (Å²) < 4.78 is 6.24. The number of nitrogens with two attached hydrogens (primary N) is 1. The Balaban J connectivity index is 1.74. The number of halogens is 1. The molecule has 6 heteroatoms. The minimum Gasteiger partial charge on any atom is -0.484 e. The highest BCUT2D eigenvalue weighted by Gasteiger charge is 2.30. The van der Waals surface area contributed by atoms with Crippen LogP contribution in [0.3, 0.4) is 0 Å². The molecule has 0 aliphatic carbocycles. The molecular weight excluding hydrogens is 384 g/mol. The molecule has 25 heavy (non-hydrogen) atoms. The Morgan fingerprint density at radius 3 is 2.64 bits per heavy atom. The molecule has 2 amide bonds. The van der Waals surface area contributed by atoms with Crippen molar-refractivity contribution in [1.82, 2.24) is 4.90 Å². The largest absolute Gasteiger partial charge is 0.484 e. The molecular formula is C19H19BrN2O3. The van der Waals surface area contributed by atoms with Gasteiger partial charge in [0.1, 0.15) is 5.75 Å². The van der Waals surface area contributed by atoms with Crippen LogP contribution in [0.15, 0.2) is 53.0 Å². The zero-order valence-electron chi connectivity index (χ0n) is 13.7. The third kappa shape index (κ3) is 4.20. The quantitative estimate of drug-likeness (QED) is 0.833. The van der Waals surface area contributed by atoms with Crippen molar-refractivity contribution in [2.75, 3.05) is 13.2 Å². The van der Waals surface area contributed by atoms with Crippen molar-refractivity contribution >= 4 is 27.7 Å². The Morgan fingerprint density at radius 2 is 1.96 bits per heavy atom. The van der Waals surface area contributed by atoms with Crippen LogP contribution in [-0.2, 0) is 4.79 Å². The predicted octanol–water partition coefficient (Wildman–Crippen LogP) is 3.29. The molecule has 1 saturated heterocycles. The van der Waals surface area contributed by atoms with Gasteiger partial charge in [-0.25, -0.2) is 0 Å². The first-order chi connectivity index (χ1) is 12.0. The van der Waals surface area contributed by atoms with Gasteiger partial charge in [0.25, 0.3) is 11.8 Å². The molecule has 0 bridgehead atoms. The van der Waals surface area contributed by atoms with Crippen LogP contribution in [0.25, 0.3) is 0 Å². The minimum atomic E-state index is -0.533. The average molecular weight is 403 g/mol. The fourth-order valence-electron chi connectivity index (χ4n) is 3.08. The molecule has 0 spiro atoms. The van der Waals surface area contributed by atoms with E-state index in [1.54, 1.807) is 24.3 Å². The third-order valence-corrected chi connectivity index (χ3v) is 4.72. The summed E-state index contributed by atoms with van der Waals surface area (Å²) in [5, 5.41) is 0. The van der Waals surface area contributed by atoms with Gasteiger partial charge in [0.2, 0.25) is 0 Å². The number of hydrogen-bond acceptors (Lipinski definition) is 3. The van der Waals surface area contributed by atoms with Gasteiger partial charge < -0.3 is 15.4 Å². The van der Waals surface area contributed by atoms with E-state index >= 15 is 0 Å². The molecule has 1 atom stereocenters. The highest BCUT2D eigenvalue weighted by atomic mass is 79.9. The Bertz CT molecular complexity index is 776. The van der Waals surface area contributed by atoms with Crippen molar-refractivity contribution in [2.45, 2.75) is 18.9 Å². The lowest BCUT2D eigenvalue weighted by molar-refractivity contribution is -0.119. The van der Waals surface area contributed by atoms with E-state index in [0.717, 1.165) is 29.4 Å². The van der Waals surface area contributed by atoms with Gasteiger partial charge in [-0.05, 0) is 54.8 Å². The third-order valence-electron chi connectivity index (χ3n) is 4.23. The molecule has 2 N–H and O–H groups in total. The highest BCUT2D eigenvalue weighted by molar-refractivity contribution is 9.10. The monoisotopic (exact) mass is 402 g/mol. The zero-order valence-corrected chi connectivity index (χ0v) is 15.2. The Hall–Kier alpha value is -2.34. The maximum absolute atomic E-state index is 12.9. The van der Waals surface area contributed by atoms with Crippen molar-refractivity contribution in [3.8, 4) is 5.75 Å². The topological polar surface area (TPSA) is 72.6 Å². The number of carbonyl (C=O) groups excluding carboxylic acids is 2. The van der Waals surface area contributed by atoms with Crippen LogP contribution in [0.1, 0.15) is 34.8 Å². The number of likely N-dealkylation sites (tertiary alicyclic amines) is 1. The van der Waals surface area contributed by atoms with Crippen molar-refractivity contribution in [3.05, 3.63) is 64.1 Å². The van der Waals surface area contributed by atoms with Gasteiger partial charge >= 0.3 is 0 Å². The Kier molecular flexibility index (Phi) is 5.38. The van der Waals surface area contributed by atoms with Crippen LogP contribution >= 0.6 is 15.9 Å². The van der Waals surface area contributed by atoms with Crippen LogP contribution in [0.5, 0.6) is 5.75 Å². The molecule has 0 aromatic heterocycles. The fourth-order valence-corrected chi connectivity index (χ4v) is 3.50. The van der Waals surface area contributed by atoms with Crippen molar-refractivity contribution in [2.24, 2.45) is 5.73 Å². The molecule has 1 heterocycles. The van der Waals surface area contributed by atoms with E-state index in [1.165, 1.54) is 0 Å². The molecule has 1 aliphatic rings. The van der Waals surface area contributed by atoms with E-state index in [2.05, 4.69) is 28.1 Å². The standard InChI is InChI=1S/C19H19BrN2O3/c20-15-4-1-3-14(11-15)17-5-2-10-22(17)19(24)13-6-8-16(9-7-13)25-12-18(21)23/h1,3-4,6-9,11,17H,2,5,10,12H2,(H2,21,23). The summed E-state index contributed by atoms with van der Waals surface area (Å²) >= 11 is 3.49. The number of nitrogens with zero attached hydrogens (tertiary/aromatic N) is 1. The van der Waals surface area contributed by atoms with E-state index in [4.69, 9.17) is 10.5 Å². The van der Waals surface area contributed by atoms with E-state index < -0.39 is 5.91 Å². The summed E-state index contributed by atoms with van der Waals surface area (Å²) in [5.74, 6) is -0.0154. The predicted molar refractivity (Wildman–Crippen MR) is 98.3 cm³/mol. The first-order valence-electron chi connectivity index (χ1n) is 8.12. The molecule has 130 valence electrons. The number of rotatable bonds is 5. The molecule has 1 aliphatic heterocycles. The number of ether oxygens (including phenoxy) is 1. The molecule has 2 aromatic carbocycles. The van der Waals surface area contributed by atoms with Crippen LogP contribution in [0.2, 0.25) is 0 Å². The summed E-state index contributed by atoms with van der Waals surface area (Å²) in [5.41, 5.74) is 6.80. The van der Waals surface area contributed by atoms with Gasteiger partial charge in [-0.2, -0.15) is 0 Å². The maximum atomic E-state index is 12.9. The normalized spacial score (nSPS) is 16.7. The second kappa shape index (κ2) is 7.70. The molecule has 0 saturated carbocycles. The Morgan fingerprint density at radius 1 is 1.20 bits per heavy atom. The van der Waals surface area contributed by atoms with Gasteiger partial charge in [-0.15, -0.1) is 0 Å². The molecule has 1 unspecified atom stereocenters. The number of primary amides is 1. The van der Waals surface area contributed by atoms with E-state index in [9.17, 15) is 9.59 Å². The highest BCUT2D eigenvalue weighted by Crippen LogP contribution is 2.34. The van der Waals surface area contributed by atoms with E-state index in [1.807, 2.05) is 17.0 Å². The Labute approximate surface area is 154 Å². The first-order valence-corrected chi connectivity index (χ1v) is 8.91. The second-order valence-corrected chi connectivity index (χ2v) is 6.91. The summed E-state index contributed by atoms with van der Waals surface area (Å²) in [7, 11) is 0. The van der Waals surface area contributed by atoms with Crippen molar-refractivity contribution in [3.63, 3.8) is 0 Å². The average Bonchev–Trinajstić information content (AvgIpc) is 3.09. The molecule has 1 fully saturated rings. The molecule has 0 radical (unpaired) electrons. The summed E-state index contributed by atoms with van der Waals surface area (Å²) in [6, 6.07) is 15.0. The van der Waals surface area contributed by atoms with Crippen LogP contribution in [0, 0.1) is 0 Å². The number of amides is 2. The lowest BCUT2D eigenvalue weighted by atomic mass is 10.0. The molecule has 3 rings (SSSR count). The number of carbonyl (C=O) groups is 2. The lowest BCUT2D eigenvalue weighted by Crippen LogP contribution is -2.30. The van der Waals surface area contributed by atoms with Crippen molar-refractivity contribution in [1.29, 1.82) is 0 Å². The summed E-state index contributed by atoms with van der Waals surface area (Å²) in [6.45, 7) is 0.570. The zero-order chi connectivity index (χ0) is 17.8. The molecule has 2 aromatic rings. The first kappa shape index (κ1) is 17.5. The van der Waals surface area contributed by atoms with Gasteiger partial charge in [0.05, 0.1) is 6.04 Å². The van der Waals surface area contributed by atoms with E-state index in [0.29, 0.717) is 11.3 Å². The van der Waals surface area contributed by atoms with Gasteiger partial charge in [-0.3, -0.25) is 9.59 Å².